The van der Waals surface area contributed by atoms with E-state index in [0.29, 0.717) is 11.6 Å². The number of benzene rings is 2. The standard InChI is InChI=1S/C13H10N4O/c1-8-14-16-13(17-15-8)11-3-2-10-7-12(18)5-4-9(10)6-11/h2-7,18H,1H3. The third-order valence-electron chi connectivity index (χ3n) is 2.66. The third kappa shape index (κ3) is 1.86. The Labute approximate surface area is 103 Å². The van der Waals surface area contributed by atoms with Crippen LogP contribution in [0.25, 0.3) is 22.2 Å². The van der Waals surface area contributed by atoms with Crippen LogP contribution in [0, 0.1) is 6.92 Å². The molecule has 0 spiro atoms. The van der Waals surface area contributed by atoms with Gasteiger partial charge in [-0.15, -0.1) is 20.4 Å². The molecule has 0 radical (unpaired) electrons. The lowest BCUT2D eigenvalue weighted by atomic mass is 10.1. The quantitative estimate of drug-likeness (QED) is 0.702. The Kier molecular flexibility index (Phi) is 2.37. The van der Waals surface area contributed by atoms with Crippen molar-refractivity contribution in [3.63, 3.8) is 0 Å². The van der Waals surface area contributed by atoms with Crippen LogP contribution in [0.4, 0.5) is 0 Å². The molecule has 0 aliphatic rings. The molecule has 5 nitrogen and oxygen atoms in total. The molecular weight excluding hydrogens is 228 g/mol. The average molecular weight is 238 g/mol. The molecule has 0 aliphatic heterocycles. The van der Waals surface area contributed by atoms with Crippen LogP contribution in [0.5, 0.6) is 5.75 Å². The molecule has 1 aromatic heterocycles. The van der Waals surface area contributed by atoms with Gasteiger partial charge in [0.05, 0.1) is 0 Å². The molecule has 3 rings (SSSR count). The molecule has 18 heavy (non-hydrogen) atoms. The highest BCUT2D eigenvalue weighted by Crippen LogP contribution is 2.24. The maximum atomic E-state index is 9.40. The minimum atomic E-state index is 0.255. The highest BCUT2D eigenvalue weighted by atomic mass is 16.3. The molecule has 0 bridgehead atoms. The van der Waals surface area contributed by atoms with Gasteiger partial charge in [-0.25, -0.2) is 0 Å². The smallest absolute Gasteiger partial charge is 0.203 e. The number of phenols is 1. The number of rotatable bonds is 1. The molecule has 0 atom stereocenters. The molecule has 3 aromatic rings. The molecule has 5 heteroatoms. The van der Waals surface area contributed by atoms with Gasteiger partial charge in [-0.3, -0.25) is 0 Å². The SMILES string of the molecule is Cc1nnc(-c2ccc3cc(O)ccc3c2)nn1. The van der Waals surface area contributed by atoms with Crippen LogP contribution in [-0.2, 0) is 0 Å². The predicted octanol–water partition coefficient (Wildman–Crippen LogP) is 2.10. The minimum Gasteiger partial charge on any atom is -0.508 e. The fraction of sp³-hybridized carbons (Fsp3) is 0.0769. The first-order valence-corrected chi connectivity index (χ1v) is 5.49. The lowest BCUT2D eigenvalue weighted by Crippen LogP contribution is -1.98. The molecule has 0 fully saturated rings. The van der Waals surface area contributed by atoms with E-state index < -0.39 is 0 Å². The van der Waals surface area contributed by atoms with Gasteiger partial charge >= 0.3 is 0 Å². The number of aromatic hydroxyl groups is 1. The van der Waals surface area contributed by atoms with Crippen molar-refractivity contribution in [1.29, 1.82) is 0 Å². The summed E-state index contributed by atoms with van der Waals surface area (Å²) in [5.41, 5.74) is 0.855. The van der Waals surface area contributed by atoms with Crippen LogP contribution in [0.3, 0.4) is 0 Å². The lowest BCUT2D eigenvalue weighted by molar-refractivity contribution is 0.476. The molecule has 2 aromatic carbocycles. The Morgan fingerprint density at radius 1 is 0.833 bits per heavy atom. The first-order chi connectivity index (χ1) is 8.72. The van der Waals surface area contributed by atoms with Crippen LogP contribution in [0.2, 0.25) is 0 Å². The van der Waals surface area contributed by atoms with E-state index in [1.54, 1.807) is 19.1 Å². The fourth-order valence-electron chi connectivity index (χ4n) is 1.77. The first kappa shape index (κ1) is 10.6. The number of fused-ring (bicyclic) bond motifs is 1. The van der Waals surface area contributed by atoms with Crippen molar-refractivity contribution in [2.45, 2.75) is 6.92 Å². The Morgan fingerprint density at radius 2 is 1.50 bits per heavy atom. The van der Waals surface area contributed by atoms with Crippen LogP contribution in [0.1, 0.15) is 5.82 Å². The predicted molar refractivity (Wildman–Crippen MR) is 67.0 cm³/mol. The second-order valence-electron chi connectivity index (χ2n) is 4.02. The second-order valence-corrected chi connectivity index (χ2v) is 4.02. The van der Waals surface area contributed by atoms with Crippen LogP contribution < -0.4 is 0 Å². The topological polar surface area (TPSA) is 71.8 Å². The summed E-state index contributed by atoms with van der Waals surface area (Å²) in [6.45, 7) is 1.74. The summed E-state index contributed by atoms with van der Waals surface area (Å²) in [7, 11) is 0. The number of hydrogen-bond acceptors (Lipinski definition) is 5. The van der Waals surface area contributed by atoms with Crippen molar-refractivity contribution in [2.75, 3.05) is 0 Å². The van der Waals surface area contributed by atoms with E-state index in [1.807, 2.05) is 24.3 Å². The van der Waals surface area contributed by atoms with Crippen LogP contribution in [0.15, 0.2) is 36.4 Å². The molecular formula is C13H10N4O. The zero-order valence-electron chi connectivity index (χ0n) is 9.70. The first-order valence-electron chi connectivity index (χ1n) is 5.49. The highest BCUT2D eigenvalue weighted by Gasteiger charge is 2.04. The summed E-state index contributed by atoms with van der Waals surface area (Å²) in [4.78, 5) is 0. The van der Waals surface area contributed by atoms with Crippen molar-refractivity contribution in [1.82, 2.24) is 20.4 Å². The van der Waals surface area contributed by atoms with Gasteiger partial charge in [0.25, 0.3) is 0 Å². The van der Waals surface area contributed by atoms with E-state index in [-0.39, 0.29) is 5.75 Å². The molecule has 1 heterocycles. The number of hydrogen-bond donors (Lipinski definition) is 1. The van der Waals surface area contributed by atoms with Gasteiger partial charge in [0.2, 0.25) is 5.82 Å². The van der Waals surface area contributed by atoms with Crippen molar-refractivity contribution in [3.8, 4) is 17.1 Å². The van der Waals surface area contributed by atoms with Gasteiger partial charge in [0, 0.05) is 5.56 Å². The maximum Gasteiger partial charge on any atom is 0.203 e. The van der Waals surface area contributed by atoms with Crippen molar-refractivity contribution in [3.05, 3.63) is 42.2 Å². The molecule has 0 unspecified atom stereocenters. The molecule has 1 N–H and O–H groups in total. The number of phenolic OH excluding ortho intramolecular Hbond substituents is 1. The normalized spacial score (nSPS) is 10.7. The minimum absolute atomic E-state index is 0.255. The Balaban J connectivity index is 2.13. The monoisotopic (exact) mass is 238 g/mol. The van der Waals surface area contributed by atoms with Gasteiger partial charge in [-0.2, -0.15) is 0 Å². The summed E-state index contributed by atoms with van der Waals surface area (Å²) < 4.78 is 0. The summed E-state index contributed by atoms with van der Waals surface area (Å²) in [6, 6.07) is 11.0. The summed E-state index contributed by atoms with van der Waals surface area (Å²) in [5.74, 6) is 1.30. The average Bonchev–Trinajstić information content (AvgIpc) is 2.39. The number of nitrogens with zero attached hydrogens (tertiary/aromatic N) is 4. The molecule has 0 aliphatic carbocycles. The van der Waals surface area contributed by atoms with E-state index in [2.05, 4.69) is 20.4 Å². The lowest BCUT2D eigenvalue weighted by Gasteiger charge is -2.02. The Bertz CT molecular complexity index is 710. The summed E-state index contributed by atoms with van der Waals surface area (Å²) in [5, 5.41) is 27.1. The van der Waals surface area contributed by atoms with Crippen LogP contribution in [-0.4, -0.2) is 25.5 Å². The third-order valence-corrected chi connectivity index (χ3v) is 2.66. The van der Waals surface area contributed by atoms with E-state index >= 15 is 0 Å². The number of aromatic nitrogens is 4. The van der Waals surface area contributed by atoms with Gasteiger partial charge in [-0.1, -0.05) is 18.2 Å². The van der Waals surface area contributed by atoms with E-state index in [9.17, 15) is 5.11 Å². The summed E-state index contributed by atoms with van der Waals surface area (Å²) >= 11 is 0. The van der Waals surface area contributed by atoms with E-state index in [1.165, 1.54) is 0 Å². The Morgan fingerprint density at radius 3 is 2.28 bits per heavy atom. The zero-order valence-corrected chi connectivity index (χ0v) is 9.70. The van der Waals surface area contributed by atoms with Crippen LogP contribution >= 0.6 is 0 Å². The van der Waals surface area contributed by atoms with E-state index in [0.717, 1.165) is 16.3 Å². The second kappa shape index (κ2) is 4.03. The number of aryl methyl sites for hydroxylation is 1. The zero-order chi connectivity index (χ0) is 12.5. The van der Waals surface area contributed by atoms with Gasteiger partial charge in [-0.05, 0) is 35.9 Å². The van der Waals surface area contributed by atoms with Gasteiger partial charge < -0.3 is 5.11 Å². The largest absolute Gasteiger partial charge is 0.508 e. The summed E-state index contributed by atoms with van der Waals surface area (Å²) in [6.07, 6.45) is 0. The van der Waals surface area contributed by atoms with Crippen molar-refractivity contribution >= 4 is 10.8 Å². The molecule has 0 saturated heterocycles. The van der Waals surface area contributed by atoms with Crippen molar-refractivity contribution < 1.29 is 5.11 Å². The molecule has 88 valence electrons. The Hall–Kier alpha value is -2.56. The maximum absolute atomic E-state index is 9.40. The highest BCUT2D eigenvalue weighted by molar-refractivity contribution is 5.87. The van der Waals surface area contributed by atoms with Gasteiger partial charge in [0.1, 0.15) is 5.75 Å². The molecule has 0 amide bonds. The molecule has 0 saturated carbocycles. The van der Waals surface area contributed by atoms with Gasteiger partial charge in [0.15, 0.2) is 5.82 Å². The van der Waals surface area contributed by atoms with E-state index in [4.69, 9.17) is 0 Å². The fourth-order valence-corrected chi connectivity index (χ4v) is 1.77. The van der Waals surface area contributed by atoms with Crippen molar-refractivity contribution in [2.24, 2.45) is 0 Å².